The van der Waals surface area contributed by atoms with E-state index < -0.39 is 6.10 Å². The van der Waals surface area contributed by atoms with Crippen molar-refractivity contribution in [3.8, 4) is 0 Å². The van der Waals surface area contributed by atoms with Gasteiger partial charge in [-0.25, -0.2) is 0 Å². The Morgan fingerprint density at radius 1 is 1.89 bits per heavy atom. The molecule has 0 saturated heterocycles. The van der Waals surface area contributed by atoms with E-state index in [9.17, 15) is 4.79 Å². The second-order valence-corrected chi connectivity index (χ2v) is 1.87. The maximum absolute atomic E-state index is 9.80. The third-order valence-electron chi connectivity index (χ3n) is 1.12. The molecule has 0 fully saturated rings. The fraction of sp³-hybridized carbons (Fsp3) is 0.800. The van der Waals surface area contributed by atoms with E-state index in [2.05, 4.69) is 5.32 Å². The fourth-order valence-corrected chi connectivity index (χ4v) is 0.492. The highest BCUT2D eigenvalue weighted by Gasteiger charge is 2.09. The molecule has 54 valence electrons. The number of hydrogen-bond donors (Lipinski definition) is 3. The van der Waals surface area contributed by atoms with Crippen molar-refractivity contribution in [3.63, 3.8) is 0 Å². The Bertz CT molecular complexity index is 85.0. The van der Waals surface area contributed by atoms with Crippen LogP contribution in [0.4, 0.5) is 0 Å². The molecule has 0 saturated carbocycles. The van der Waals surface area contributed by atoms with Crippen LogP contribution in [0.1, 0.15) is 6.92 Å². The summed E-state index contributed by atoms with van der Waals surface area (Å²) in [7, 11) is 0. The number of aliphatic hydroxyl groups excluding tert-OH is 1. The van der Waals surface area contributed by atoms with Crippen LogP contribution < -0.4 is 11.1 Å². The lowest BCUT2D eigenvalue weighted by Crippen LogP contribution is -2.43. The van der Waals surface area contributed by atoms with Crippen LogP contribution in [-0.2, 0) is 4.79 Å². The van der Waals surface area contributed by atoms with Gasteiger partial charge in [-0.15, -0.1) is 0 Å². The summed E-state index contributed by atoms with van der Waals surface area (Å²) in [6.45, 7) is 1.84. The first-order chi connectivity index (χ1) is 4.22. The summed E-state index contributed by atoms with van der Waals surface area (Å²) >= 11 is 0. The molecule has 0 spiro atoms. The minimum atomic E-state index is -0.583. The third kappa shape index (κ3) is 3.05. The summed E-state index contributed by atoms with van der Waals surface area (Å²) in [6, 6.07) is -0.317. The maximum Gasteiger partial charge on any atom is 0.207 e. The van der Waals surface area contributed by atoms with E-state index in [0.717, 1.165) is 0 Å². The number of carbonyl (C=O) groups excluding carboxylic acids is 1. The first-order valence-electron chi connectivity index (χ1n) is 2.80. The largest absolute Gasteiger partial charge is 0.391 e. The summed E-state index contributed by atoms with van der Waals surface area (Å²) in [5, 5.41) is 11.2. The van der Waals surface area contributed by atoms with Gasteiger partial charge in [-0.2, -0.15) is 0 Å². The Labute approximate surface area is 54.0 Å². The predicted octanol–water partition coefficient (Wildman–Crippen LogP) is -1.56. The molecule has 4 heteroatoms. The SMILES string of the molecule is CC(O)C(CN)NC=O. The number of hydrogen-bond acceptors (Lipinski definition) is 3. The standard InChI is InChI=1S/C5H12N2O2/c1-4(9)5(2-6)7-3-8/h3-5,9H,2,6H2,1H3,(H,7,8). The molecule has 1 amide bonds. The molecule has 4 N–H and O–H groups in total. The van der Waals surface area contributed by atoms with Gasteiger partial charge in [0.15, 0.2) is 0 Å². The third-order valence-corrected chi connectivity index (χ3v) is 1.12. The molecule has 0 aliphatic carbocycles. The van der Waals surface area contributed by atoms with E-state index in [0.29, 0.717) is 6.41 Å². The van der Waals surface area contributed by atoms with Crippen molar-refractivity contribution in [1.29, 1.82) is 0 Å². The van der Waals surface area contributed by atoms with E-state index in [1.54, 1.807) is 6.92 Å². The monoisotopic (exact) mass is 132 g/mol. The summed E-state index contributed by atoms with van der Waals surface area (Å²) in [5.74, 6) is 0. The van der Waals surface area contributed by atoms with Crippen LogP contribution in [0.5, 0.6) is 0 Å². The van der Waals surface area contributed by atoms with Gasteiger partial charge in [0.25, 0.3) is 0 Å². The van der Waals surface area contributed by atoms with Crippen LogP contribution >= 0.6 is 0 Å². The van der Waals surface area contributed by atoms with Crippen LogP contribution in [0.15, 0.2) is 0 Å². The van der Waals surface area contributed by atoms with Gasteiger partial charge in [0, 0.05) is 6.54 Å². The number of aliphatic hydroxyl groups is 1. The van der Waals surface area contributed by atoms with Gasteiger partial charge in [-0.1, -0.05) is 0 Å². The fourth-order valence-electron chi connectivity index (χ4n) is 0.492. The molecule has 9 heavy (non-hydrogen) atoms. The van der Waals surface area contributed by atoms with Crippen LogP contribution in [-0.4, -0.2) is 30.2 Å². The summed E-state index contributed by atoms with van der Waals surface area (Å²) in [4.78, 5) is 9.80. The maximum atomic E-state index is 9.80. The molecule has 2 unspecified atom stereocenters. The molecule has 0 aliphatic rings. The summed E-state index contributed by atoms with van der Waals surface area (Å²) in [5.41, 5.74) is 5.18. The quantitative estimate of drug-likeness (QED) is 0.405. The molecule has 0 aromatic carbocycles. The second kappa shape index (κ2) is 4.29. The molecule has 0 heterocycles. The Hall–Kier alpha value is -0.610. The first-order valence-corrected chi connectivity index (χ1v) is 2.80. The lowest BCUT2D eigenvalue weighted by molar-refractivity contribution is -0.110. The highest BCUT2D eigenvalue weighted by atomic mass is 16.3. The van der Waals surface area contributed by atoms with E-state index in [1.165, 1.54) is 0 Å². The minimum absolute atomic E-state index is 0.260. The molecule has 0 radical (unpaired) electrons. The van der Waals surface area contributed by atoms with E-state index in [-0.39, 0.29) is 12.6 Å². The van der Waals surface area contributed by atoms with Gasteiger partial charge in [0.1, 0.15) is 0 Å². The van der Waals surface area contributed by atoms with Crippen LogP contribution in [0.3, 0.4) is 0 Å². The van der Waals surface area contributed by atoms with E-state index in [1.807, 2.05) is 0 Å². The summed E-state index contributed by atoms with van der Waals surface area (Å²) in [6.07, 6.45) is -0.0512. The Morgan fingerprint density at radius 3 is 2.56 bits per heavy atom. The van der Waals surface area contributed by atoms with Crippen molar-refractivity contribution in [3.05, 3.63) is 0 Å². The first kappa shape index (κ1) is 8.39. The number of nitrogens with one attached hydrogen (secondary N) is 1. The predicted molar refractivity (Wildman–Crippen MR) is 33.7 cm³/mol. The Kier molecular flexibility index (Phi) is 4.00. The lowest BCUT2D eigenvalue weighted by Gasteiger charge is -2.15. The van der Waals surface area contributed by atoms with Crippen molar-refractivity contribution in [2.24, 2.45) is 5.73 Å². The van der Waals surface area contributed by atoms with Crippen LogP contribution in [0, 0.1) is 0 Å². The number of amides is 1. The number of carbonyl (C=O) groups is 1. The van der Waals surface area contributed by atoms with Gasteiger partial charge < -0.3 is 16.2 Å². The highest BCUT2D eigenvalue weighted by Crippen LogP contribution is 1.86. The van der Waals surface area contributed by atoms with Crippen molar-refractivity contribution in [2.75, 3.05) is 6.54 Å². The molecular weight excluding hydrogens is 120 g/mol. The topological polar surface area (TPSA) is 75.3 Å². The second-order valence-electron chi connectivity index (χ2n) is 1.87. The van der Waals surface area contributed by atoms with Gasteiger partial charge in [-0.05, 0) is 6.92 Å². The van der Waals surface area contributed by atoms with E-state index >= 15 is 0 Å². The molecule has 0 aromatic heterocycles. The average molecular weight is 132 g/mol. The molecule has 0 rings (SSSR count). The zero-order valence-corrected chi connectivity index (χ0v) is 5.37. The Morgan fingerprint density at radius 2 is 2.44 bits per heavy atom. The normalized spacial score (nSPS) is 16.3. The van der Waals surface area contributed by atoms with Gasteiger partial charge in [-0.3, -0.25) is 4.79 Å². The van der Waals surface area contributed by atoms with Crippen molar-refractivity contribution in [1.82, 2.24) is 5.32 Å². The zero-order chi connectivity index (χ0) is 7.28. The summed E-state index contributed by atoms with van der Waals surface area (Å²) < 4.78 is 0. The molecule has 2 atom stereocenters. The van der Waals surface area contributed by atoms with Crippen molar-refractivity contribution < 1.29 is 9.90 Å². The molecule has 0 bridgehead atoms. The van der Waals surface area contributed by atoms with E-state index in [4.69, 9.17) is 10.8 Å². The lowest BCUT2D eigenvalue weighted by atomic mass is 10.2. The smallest absolute Gasteiger partial charge is 0.207 e. The van der Waals surface area contributed by atoms with Crippen LogP contribution in [0.2, 0.25) is 0 Å². The highest BCUT2D eigenvalue weighted by molar-refractivity contribution is 5.46. The van der Waals surface area contributed by atoms with Crippen molar-refractivity contribution >= 4 is 6.41 Å². The molecular formula is C5H12N2O2. The molecule has 4 nitrogen and oxygen atoms in total. The zero-order valence-electron chi connectivity index (χ0n) is 5.37. The number of nitrogens with two attached hydrogens (primary N) is 1. The van der Waals surface area contributed by atoms with Gasteiger partial charge >= 0.3 is 0 Å². The van der Waals surface area contributed by atoms with Crippen molar-refractivity contribution in [2.45, 2.75) is 19.1 Å². The average Bonchev–Trinajstić information content (AvgIpc) is 1.82. The molecule has 0 aliphatic heterocycles. The molecule has 0 aromatic rings. The Balaban J connectivity index is 3.53. The van der Waals surface area contributed by atoms with Gasteiger partial charge in [0.2, 0.25) is 6.41 Å². The van der Waals surface area contributed by atoms with Gasteiger partial charge in [0.05, 0.1) is 12.1 Å². The minimum Gasteiger partial charge on any atom is -0.391 e. The number of rotatable bonds is 4. The van der Waals surface area contributed by atoms with Crippen LogP contribution in [0.25, 0.3) is 0 Å².